The van der Waals surface area contributed by atoms with Crippen molar-refractivity contribution in [1.82, 2.24) is 10.1 Å². The molecule has 1 heterocycles. The van der Waals surface area contributed by atoms with Crippen molar-refractivity contribution in [2.45, 2.75) is 5.38 Å². The summed E-state index contributed by atoms with van der Waals surface area (Å²) in [5.41, 5.74) is 0.943. The zero-order valence-electron chi connectivity index (χ0n) is 13.6. The summed E-state index contributed by atoms with van der Waals surface area (Å²) in [7, 11) is -3.00. The van der Waals surface area contributed by atoms with E-state index in [0.29, 0.717) is 21.6 Å². The van der Waals surface area contributed by atoms with Crippen molar-refractivity contribution in [2.24, 2.45) is 0 Å². The molecule has 11 heteroatoms. The minimum absolute atomic E-state index is 0.0493. The molecule has 0 amide bonds. The van der Waals surface area contributed by atoms with Crippen molar-refractivity contribution >= 4 is 57.4 Å². The molecule has 0 spiro atoms. The molecule has 0 radical (unpaired) electrons. The molecule has 1 unspecified atom stereocenters. The van der Waals surface area contributed by atoms with Gasteiger partial charge in [-0.1, -0.05) is 44.8 Å². The third-order valence-electron chi connectivity index (χ3n) is 3.55. The summed E-state index contributed by atoms with van der Waals surface area (Å²) in [5, 5.41) is 3.62. The van der Waals surface area contributed by atoms with Gasteiger partial charge in [-0.3, -0.25) is 4.57 Å². The van der Waals surface area contributed by atoms with Crippen LogP contribution < -0.4 is 10.4 Å². The number of benzene rings is 2. The average molecular weight is 497 g/mol. The number of nitrogens with zero attached hydrogens (tertiary/aromatic N) is 2. The lowest BCUT2D eigenvalue weighted by molar-refractivity contribution is 0.0551. The number of hydrogen-bond acceptors (Lipinski definition) is 4. The van der Waals surface area contributed by atoms with Crippen LogP contribution >= 0.6 is 46.4 Å². The van der Waals surface area contributed by atoms with Crippen LogP contribution in [0.2, 0.25) is 5.02 Å². The molecule has 1 atom stereocenters. The Morgan fingerprint density at radius 3 is 2.44 bits per heavy atom. The van der Waals surface area contributed by atoms with Crippen molar-refractivity contribution < 1.29 is 17.9 Å². The molecule has 0 fully saturated rings. The van der Waals surface area contributed by atoms with Crippen LogP contribution in [0.5, 0.6) is 0 Å². The smallest absolute Gasteiger partial charge is 0.332 e. The standard InChI is InChI=1S/C16H11BrCl2F2N3O2P/c1-27(25,24-13-7-4-10(17)8-12(13)18)11-5-2-9(3-6-11)14-22-15(26-23-14)16(19,20)21/h2-8H,1H3,(H,24,25). The predicted molar refractivity (Wildman–Crippen MR) is 105 cm³/mol. The minimum Gasteiger partial charge on any atom is -0.332 e. The summed E-state index contributed by atoms with van der Waals surface area (Å²) in [5.74, 6) is -1.04. The Labute approximate surface area is 171 Å². The Hall–Kier alpha value is -1.47. The van der Waals surface area contributed by atoms with E-state index in [2.05, 4.69) is 35.7 Å². The van der Waals surface area contributed by atoms with E-state index in [1.54, 1.807) is 49.1 Å². The van der Waals surface area contributed by atoms with Crippen LogP contribution in [0.4, 0.5) is 14.5 Å². The maximum Gasteiger partial charge on any atom is 0.400 e. The summed E-state index contributed by atoms with van der Waals surface area (Å²) in [6.07, 6.45) is 0. The molecular weight excluding hydrogens is 486 g/mol. The zero-order valence-corrected chi connectivity index (χ0v) is 17.6. The van der Waals surface area contributed by atoms with E-state index in [0.717, 1.165) is 4.47 Å². The summed E-state index contributed by atoms with van der Waals surface area (Å²) < 4.78 is 44.3. The highest BCUT2D eigenvalue weighted by molar-refractivity contribution is 9.10. The van der Waals surface area contributed by atoms with Gasteiger partial charge in [0.1, 0.15) is 0 Å². The van der Waals surface area contributed by atoms with Gasteiger partial charge in [-0.25, -0.2) is 0 Å². The summed E-state index contributed by atoms with van der Waals surface area (Å²) in [6.45, 7) is 1.56. The molecule has 142 valence electrons. The molecule has 1 aromatic heterocycles. The molecule has 3 aromatic rings. The fraction of sp³-hybridized carbons (Fsp3) is 0.125. The van der Waals surface area contributed by atoms with Crippen molar-refractivity contribution in [3.05, 3.63) is 57.9 Å². The molecule has 27 heavy (non-hydrogen) atoms. The first-order valence-corrected chi connectivity index (χ1v) is 11.1. The van der Waals surface area contributed by atoms with Gasteiger partial charge in [-0.05, 0) is 41.9 Å². The maximum atomic E-state index is 13.1. The van der Waals surface area contributed by atoms with Crippen LogP contribution in [-0.4, -0.2) is 16.8 Å². The van der Waals surface area contributed by atoms with Gasteiger partial charge in [0.05, 0.1) is 10.7 Å². The van der Waals surface area contributed by atoms with E-state index in [-0.39, 0.29) is 5.82 Å². The number of aromatic nitrogens is 2. The van der Waals surface area contributed by atoms with E-state index in [1.807, 2.05) is 0 Å². The van der Waals surface area contributed by atoms with Crippen molar-refractivity contribution in [3.63, 3.8) is 0 Å². The SMILES string of the molecule is CP(=O)(Nc1ccc(Br)cc1Cl)c1ccc(-c2noc(C(F)(F)Cl)n2)cc1. The normalized spacial score (nSPS) is 14.0. The van der Waals surface area contributed by atoms with Gasteiger partial charge >= 0.3 is 11.3 Å². The lowest BCUT2D eigenvalue weighted by Crippen LogP contribution is -2.10. The van der Waals surface area contributed by atoms with Crippen LogP contribution in [0.25, 0.3) is 11.4 Å². The molecular formula is C16H11BrCl2F2N3O2P. The number of rotatable bonds is 5. The van der Waals surface area contributed by atoms with Crippen LogP contribution in [-0.2, 0) is 9.95 Å². The van der Waals surface area contributed by atoms with E-state index in [1.165, 1.54) is 0 Å². The number of hydrogen-bond donors (Lipinski definition) is 1. The van der Waals surface area contributed by atoms with Gasteiger partial charge in [0, 0.05) is 22.0 Å². The first kappa shape index (κ1) is 20.3. The topological polar surface area (TPSA) is 68.0 Å². The molecule has 0 saturated carbocycles. The second-order valence-electron chi connectivity index (χ2n) is 5.63. The average Bonchev–Trinajstić information content (AvgIpc) is 3.08. The number of alkyl halides is 3. The fourth-order valence-electron chi connectivity index (χ4n) is 2.23. The molecule has 1 N–H and O–H groups in total. The van der Waals surface area contributed by atoms with Gasteiger partial charge in [0.25, 0.3) is 0 Å². The van der Waals surface area contributed by atoms with Crippen LogP contribution in [0.3, 0.4) is 0 Å². The molecule has 0 aliphatic heterocycles. The van der Waals surface area contributed by atoms with Crippen LogP contribution in [0, 0.1) is 0 Å². The van der Waals surface area contributed by atoms with Gasteiger partial charge in [-0.15, -0.1) is 0 Å². The van der Waals surface area contributed by atoms with Gasteiger partial charge in [-0.2, -0.15) is 13.8 Å². The second-order valence-corrected chi connectivity index (χ2v) is 10.0. The first-order chi connectivity index (χ1) is 12.6. The zero-order chi connectivity index (χ0) is 19.8. The molecule has 5 nitrogen and oxygen atoms in total. The second kappa shape index (κ2) is 7.51. The van der Waals surface area contributed by atoms with Gasteiger partial charge in [0.15, 0.2) is 7.29 Å². The number of halogens is 5. The Morgan fingerprint density at radius 2 is 1.89 bits per heavy atom. The van der Waals surface area contributed by atoms with E-state index in [9.17, 15) is 13.3 Å². The quantitative estimate of drug-likeness (QED) is 0.342. The molecule has 3 rings (SSSR count). The van der Waals surface area contributed by atoms with Gasteiger partial charge in [0.2, 0.25) is 5.82 Å². The van der Waals surface area contributed by atoms with Crippen molar-refractivity contribution in [1.29, 1.82) is 0 Å². The summed E-state index contributed by atoms with van der Waals surface area (Å²) in [4.78, 5) is 3.56. The highest BCUT2D eigenvalue weighted by Gasteiger charge is 2.35. The molecule has 0 saturated heterocycles. The Morgan fingerprint density at radius 1 is 1.22 bits per heavy atom. The molecule has 0 aliphatic rings. The molecule has 0 aliphatic carbocycles. The minimum atomic E-state index is -3.74. The third-order valence-corrected chi connectivity index (χ3v) is 6.47. The van der Waals surface area contributed by atoms with Crippen LogP contribution in [0.15, 0.2) is 51.5 Å². The first-order valence-electron chi connectivity index (χ1n) is 7.39. The van der Waals surface area contributed by atoms with E-state index in [4.69, 9.17) is 23.2 Å². The monoisotopic (exact) mass is 495 g/mol. The fourth-order valence-corrected chi connectivity index (χ4v) is 4.59. The third kappa shape index (κ3) is 4.69. The number of nitrogens with one attached hydrogen (secondary N) is 1. The molecule has 2 aromatic carbocycles. The van der Waals surface area contributed by atoms with Crippen molar-refractivity contribution in [2.75, 3.05) is 11.8 Å². The highest BCUT2D eigenvalue weighted by atomic mass is 79.9. The lowest BCUT2D eigenvalue weighted by atomic mass is 10.2. The van der Waals surface area contributed by atoms with E-state index >= 15 is 0 Å². The Bertz CT molecular complexity index is 1030. The van der Waals surface area contributed by atoms with Gasteiger partial charge < -0.3 is 9.61 Å². The predicted octanol–water partition coefficient (Wildman–Crippen LogP) is 6.09. The lowest BCUT2D eigenvalue weighted by Gasteiger charge is -2.18. The van der Waals surface area contributed by atoms with Crippen molar-refractivity contribution in [3.8, 4) is 11.4 Å². The highest BCUT2D eigenvalue weighted by Crippen LogP contribution is 2.43. The molecule has 0 bridgehead atoms. The Kier molecular flexibility index (Phi) is 5.64. The largest absolute Gasteiger partial charge is 0.400 e. The van der Waals surface area contributed by atoms with Crippen LogP contribution in [0.1, 0.15) is 5.89 Å². The summed E-state index contributed by atoms with van der Waals surface area (Å²) >= 11 is 14.3. The summed E-state index contributed by atoms with van der Waals surface area (Å²) in [6, 6.07) is 11.5. The number of anilines is 1. The Balaban J connectivity index is 1.83. The maximum absolute atomic E-state index is 13.1. The van der Waals surface area contributed by atoms with E-state index < -0.39 is 18.6 Å².